The van der Waals surface area contributed by atoms with Gasteiger partial charge in [0.1, 0.15) is 6.10 Å². The zero-order valence-corrected chi connectivity index (χ0v) is 21.7. The van der Waals surface area contributed by atoms with Crippen molar-refractivity contribution in [2.75, 3.05) is 30.3 Å². The molecule has 6 N–H and O–H groups in total. The van der Waals surface area contributed by atoms with E-state index in [0.717, 1.165) is 11.1 Å². The molecule has 0 aliphatic rings. The number of amides is 1. The summed E-state index contributed by atoms with van der Waals surface area (Å²) in [5.41, 5.74) is 20.9. The highest BCUT2D eigenvalue weighted by atomic mass is 32.1. The first-order valence-electron chi connectivity index (χ1n) is 11.6. The minimum absolute atomic E-state index is 0.00544. The number of carbonyl (C=O) groups excluding carboxylic acids is 2. The Morgan fingerprint density at radius 2 is 1.49 bits per heavy atom. The number of carbonyl (C=O) groups is 2. The van der Waals surface area contributed by atoms with E-state index in [9.17, 15) is 9.59 Å². The Hall–Kier alpha value is -3.96. The van der Waals surface area contributed by atoms with Crippen LogP contribution < -0.4 is 17.2 Å². The van der Waals surface area contributed by atoms with Gasteiger partial charge in [-0.15, -0.1) is 22.7 Å². The van der Waals surface area contributed by atoms with Gasteiger partial charge >= 0.3 is 5.97 Å². The van der Waals surface area contributed by atoms with Crippen LogP contribution in [0.15, 0.2) is 65.4 Å². The number of anilines is 3. The van der Waals surface area contributed by atoms with Crippen LogP contribution in [-0.4, -0.2) is 39.8 Å². The van der Waals surface area contributed by atoms with Gasteiger partial charge in [-0.1, -0.05) is 42.5 Å². The fraction of sp³-hybridized carbons (Fsp3) is 0.231. The molecular weight excluding hydrogens is 508 g/mol. The summed E-state index contributed by atoms with van der Waals surface area (Å²) in [6.45, 7) is 0.605. The van der Waals surface area contributed by atoms with E-state index in [1.54, 1.807) is 15.7 Å². The van der Waals surface area contributed by atoms with Crippen LogP contribution in [0.5, 0.6) is 0 Å². The van der Waals surface area contributed by atoms with Crippen molar-refractivity contribution in [3.05, 3.63) is 87.9 Å². The van der Waals surface area contributed by atoms with Crippen LogP contribution in [0.2, 0.25) is 0 Å². The van der Waals surface area contributed by atoms with Crippen LogP contribution in [-0.2, 0) is 33.6 Å². The van der Waals surface area contributed by atoms with Crippen molar-refractivity contribution in [3.63, 3.8) is 0 Å². The topological polar surface area (TPSA) is 150 Å². The maximum atomic E-state index is 13.4. The summed E-state index contributed by atoms with van der Waals surface area (Å²) >= 11 is 2.56. The number of thiazole rings is 2. The van der Waals surface area contributed by atoms with Gasteiger partial charge in [0, 0.05) is 23.0 Å². The lowest BCUT2D eigenvalue weighted by atomic mass is 10.1. The first-order valence-corrected chi connectivity index (χ1v) is 13.4. The molecule has 9 nitrogen and oxygen atoms in total. The highest BCUT2D eigenvalue weighted by molar-refractivity contribution is 7.13. The standard InChI is InChI=1S/C26H28N6O3S2/c27-19-8-6-17(7-9-19)10-11-32(23(33)12-20-15-36-25(28)30-20)14-22(18-4-2-1-3-5-18)35-24(34)13-21-16-37-26(29)31-21/h1-9,15-16,22H,10-14,27H2,(H2,28,30)(H2,29,31)/t22-/m0/s1. The molecule has 0 fully saturated rings. The first-order chi connectivity index (χ1) is 17.9. The van der Waals surface area contributed by atoms with Crippen molar-refractivity contribution < 1.29 is 14.3 Å². The maximum absolute atomic E-state index is 13.4. The molecule has 1 atom stereocenters. The predicted octanol–water partition coefficient (Wildman–Crippen LogP) is 3.49. The molecule has 11 heteroatoms. The van der Waals surface area contributed by atoms with Crippen LogP contribution in [0, 0.1) is 0 Å². The van der Waals surface area contributed by atoms with Gasteiger partial charge in [-0.25, -0.2) is 9.97 Å². The Morgan fingerprint density at radius 1 is 0.865 bits per heavy atom. The van der Waals surface area contributed by atoms with Crippen molar-refractivity contribution in [3.8, 4) is 0 Å². The second-order valence-electron chi connectivity index (χ2n) is 8.43. The van der Waals surface area contributed by atoms with Crippen LogP contribution in [0.3, 0.4) is 0 Å². The molecule has 0 saturated carbocycles. The van der Waals surface area contributed by atoms with Crippen molar-refractivity contribution in [1.82, 2.24) is 14.9 Å². The number of benzene rings is 2. The molecule has 2 aromatic heterocycles. The minimum atomic E-state index is -0.666. The predicted molar refractivity (Wildman–Crippen MR) is 147 cm³/mol. The van der Waals surface area contributed by atoms with E-state index in [0.29, 0.717) is 40.3 Å². The minimum Gasteiger partial charge on any atom is -0.455 e. The normalized spacial score (nSPS) is 11.7. The van der Waals surface area contributed by atoms with E-state index in [-0.39, 0.29) is 25.3 Å². The third kappa shape index (κ3) is 7.76. The van der Waals surface area contributed by atoms with Crippen molar-refractivity contribution in [1.29, 1.82) is 0 Å². The summed E-state index contributed by atoms with van der Waals surface area (Å²) in [6, 6.07) is 16.9. The Bertz CT molecular complexity index is 1320. The molecule has 4 aromatic rings. The maximum Gasteiger partial charge on any atom is 0.312 e. The largest absolute Gasteiger partial charge is 0.455 e. The molecule has 192 valence electrons. The number of nitrogen functional groups attached to an aromatic ring is 3. The number of hydrogen-bond donors (Lipinski definition) is 3. The van der Waals surface area contributed by atoms with E-state index in [4.69, 9.17) is 21.9 Å². The zero-order chi connectivity index (χ0) is 26.2. The first kappa shape index (κ1) is 26.1. The van der Waals surface area contributed by atoms with Gasteiger partial charge in [0.05, 0.1) is 30.8 Å². The third-order valence-corrected chi connectivity index (χ3v) is 7.08. The zero-order valence-electron chi connectivity index (χ0n) is 20.1. The summed E-state index contributed by atoms with van der Waals surface area (Å²) < 4.78 is 5.89. The number of esters is 1. The van der Waals surface area contributed by atoms with Gasteiger partial charge in [0.2, 0.25) is 5.91 Å². The molecule has 0 aliphatic carbocycles. The molecule has 0 unspecified atom stereocenters. The van der Waals surface area contributed by atoms with Gasteiger partial charge in [0.15, 0.2) is 10.3 Å². The number of rotatable bonds is 11. The lowest BCUT2D eigenvalue weighted by Gasteiger charge is -2.28. The molecule has 4 rings (SSSR count). The quantitative estimate of drug-likeness (QED) is 0.195. The summed E-state index contributed by atoms with van der Waals surface area (Å²) in [7, 11) is 0. The van der Waals surface area contributed by atoms with E-state index in [1.807, 2.05) is 54.6 Å². The fourth-order valence-corrected chi connectivity index (χ4v) is 4.89. The Kier molecular flexibility index (Phi) is 8.70. The van der Waals surface area contributed by atoms with Gasteiger partial charge in [-0.05, 0) is 29.7 Å². The average molecular weight is 537 g/mol. The molecule has 2 heterocycles. The second-order valence-corrected chi connectivity index (χ2v) is 10.2. The molecule has 37 heavy (non-hydrogen) atoms. The Balaban J connectivity index is 1.53. The molecule has 0 aliphatic heterocycles. The molecule has 0 saturated heterocycles. The number of nitrogens with two attached hydrogens (primary N) is 3. The monoisotopic (exact) mass is 536 g/mol. The van der Waals surface area contributed by atoms with Crippen molar-refractivity contribution in [2.45, 2.75) is 25.4 Å². The number of aromatic nitrogens is 2. The summed E-state index contributed by atoms with van der Waals surface area (Å²) in [5, 5.41) is 4.31. The molecule has 0 radical (unpaired) electrons. The summed E-state index contributed by atoms with van der Waals surface area (Å²) in [4.78, 5) is 36.3. The SMILES string of the molecule is Nc1ccc(CCN(C[C@H](OC(=O)Cc2csc(N)n2)c2ccccc2)C(=O)Cc2csc(N)n2)cc1. The average Bonchev–Trinajstić information content (AvgIpc) is 3.49. The van der Waals surface area contributed by atoms with Crippen molar-refractivity contribution in [2.24, 2.45) is 0 Å². The molecule has 1 amide bonds. The second kappa shape index (κ2) is 12.3. The van der Waals surface area contributed by atoms with E-state index in [1.165, 1.54) is 22.7 Å². The molecular formula is C26H28N6O3S2. The highest BCUT2D eigenvalue weighted by Gasteiger charge is 2.25. The highest BCUT2D eigenvalue weighted by Crippen LogP contribution is 2.22. The molecule has 0 spiro atoms. The van der Waals surface area contributed by atoms with Crippen LogP contribution in [0.4, 0.5) is 16.0 Å². The number of ether oxygens (including phenoxy) is 1. The lowest BCUT2D eigenvalue weighted by Crippen LogP contribution is -2.38. The Morgan fingerprint density at radius 3 is 2.08 bits per heavy atom. The molecule has 0 bridgehead atoms. The van der Waals surface area contributed by atoms with E-state index in [2.05, 4.69) is 9.97 Å². The van der Waals surface area contributed by atoms with Crippen LogP contribution >= 0.6 is 22.7 Å². The number of nitrogens with zero attached hydrogens (tertiary/aromatic N) is 3. The van der Waals surface area contributed by atoms with Gasteiger partial charge in [-0.3, -0.25) is 9.59 Å². The smallest absolute Gasteiger partial charge is 0.312 e. The van der Waals surface area contributed by atoms with Crippen LogP contribution in [0.1, 0.15) is 28.6 Å². The fourth-order valence-electron chi connectivity index (χ4n) is 3.77. The van der Waals surface area contributed by atoms with E-state index < -0.39 is 12.1 Å². The van der Waals surface area contributed by atoms with Gasteiger partial charge in [-0.2, -0.15) is 0 Å². The summed E-state index contributed by atoms with van der Waals surface area (Å²) in [5.74, 6) is -0.581. The van der Waals surface area contributed by atoms with Crippen LogP contribution in [0.25, 0.3) is 0 Å². The Labute approximate surface area is 222 Å². The van der Waals surface area contributed by atoms with Gasteiger partial charge in [0.25, 0.3) is 0 Å². The molecule has 2 aromatic carbocycles. The lowest BCUT2D eigenvalue weighted by molar-refractivity contribution is -0.151. The van der Waals surface area contributed by atoms with Gasteiger partial charge < -0.3 is 26.8 Å². The third-order valence-electron chi connectivity index (χ3n) is 5.63. The van der Waals surface area contributed by atoms with E-state index >= 15 is 0 Å². The summed E-state index contributed by atoms with van der Waals surface area (Å²) in [6.07, 6.45) is 0.0385. The van der Waals surface area contributed by atoms with Crippen molar-refractivity contribution >= 4 is 50.5 Å². The number of hydrogen-bond acceptors (Lipinski definition) is 10.